The van der Waals surface area contributed by atoms with Crippen LogP contribution in [-0.2, 0) is 10.0 Å². The van der Waals surface area contributed by atoms with Crippen molar-refractivity contribution in [2.45, 2.75) is 11.8 Å². The molecule has 0 heterocycles. The third-order valence-corrected chi connectivity index (χ3v) is 6.25. The first-order valence-electron chi connectivity index (χ1n) is 8.90. The molecule has 0 aromatic heterocycles. The van der Waals surface area contributed by atoms with Gasteiger partial charge < -0.3 is 14.2 Å². The summed E-state index contributed by atoms with van der Waals surface area (Å²) < 4.78 is 43.5. The van der Waals surface area contributed by atoms with E-state index >= 15 is 0 Å². The molecule has 0 atom stereocenters. The van der Waals surface area contributed by atoms with Gasteiger partial charge in [0.1, 0.15) is 23.0 Å². The van der Waals surface area contributed by atoms with Gasteiger partial charge in [-0.15, -0.1) is 0 Å². The second-order valence-corrected chi connectivity index (χ2v) is 8.37. The summed E-state index contributed by atoms with van der Waals surface area (Å²) in [6.45, 7) is 1.91. The Hall–Kier alpha value is -3.19. The van der Waals surface area contributed by atoms with Crippen LogP contribution in [0.4, 0.5) is 5.69 Å². The highest BCUT2D eigenvalue weighted by Crippen LogP contribution is 2.36. The molecular formula is C22H23NO5S. The quantitative estimate of drug-likeness (QED) is 0.565. The van der Waals surface area contributed by atoms with Crippen LogP contribution in [0.5, 0.6) is 23.0 Å². The van der Waals surface area contributed by atoms with Crippen LogP contribution in [0.3, 0.4) is 0 Å². The molecule has 0 saturated carbocycles. The molecule has 0 bridgehead atoms. The molecule has 6 nitrogen and oxygen atoms in total. The fourth-order valence-electron chi connectivity index (χ4n) is 2.76. The first kappa shape index (κ1) is 20.5. The van der Waals surface area contributed by atoms with Crippen molar-refractivity contribution in [1.29, 1.82) is 0 Å². The summed E-state index contributed by atoms with van der Waals surface area (Å²) in [7, 11) is 0.861. The van der Waals surface area contributed by atoms with E-state index in [2.05, 4.69) is 0 Å². The molecular weight excluding hydrogens is 390 g/mol. The highest BCUT2D eigenvalue weighted by Gasteiger charge is 2.24. The number of methoxy groups -OCH3 is 2. The SMILES string of the molecule is COc1ccc(Oc2ccc(N(C)S(=O)(=O)c3ccc(C)cc3)c(OC)c2)cc1. The molecule has 0 aliphatic carbocycles. The van der Waals surface area contributed by atoms with Gasteiger partial charge in [0.05, 0.1) is 24.8 Å². The summed E-state index contributed by atoms with van der Waals surface area (Å²) in [5.74, 6) is 2.26. The Kier molecular flexibility index (Phi) is 5.98. The van der Waals surface area contributed by atoms with Crippen LogP contribution in [0.1, 0.15) is 5.56 Å². The van der Waals surface area contributed by atoms with Crippen molar-refractivity contribution >= 4 is 15.7 Å². The van der Waals surface area contributed by atoms with Crippen LogP contribution in [0.15, 0.2) is 71.6 Å². The van der Waals surface area contributed by atoms with E-state index in [4.69, 9.17) is 14.2 Å². The molecule has 29 heavy (non-hydrogen) atoms. The summed E-state index contributed by atoms with van der Waals surface area (Å²) in [6.07, 6.45) is 0. The fraction of sp³-hybridized carbons (Fsp3) is 0.182. The summed E-state index contributed by atoms with van der Waals surface area (Å²) in [4.78, 5) is 0.214. The molecule has 0 radical (unpaired) electrons. The summed E-state index contributed by atoms with van der Waals surface area (Å²) in [6, 6.07) is 18.9. The van der Waals surface area contributed by atoms with E-state index in [-0.39, 0.29) is 4.90 Å². The van der Waals surface area contributed by atoms with Gasteiger partial charge in [-0.3, -0.25) is 4.31 Å². The normalized spacial score (nSPS) is 11.0. The summed E-state index contributed by atoms with van der Waals surface area (Å²) in [5.41, 5.74) is 1.40. The Balaban J connectivity index is 1.88. The van der Waals surface area contributed by atoms with E-state index in [1.807, 2.05) is 6.92 Å². The lowest BCUT2D eigenvalue weighted by molar-refractivity contribution is 0.408. The Morgan fingerprint density at radius 1 is 0.759 bits per heavy atom. The summed E-state index contributed by atoms with van der Waals surface area (Å²) in [5, 5.41) is 0. The Morgan fingerprint density at radius 2 is 1.34 bits per heavy atom. The Morgan fingerprint density at radius 3 is 1.93 bits per heavy atom. The predicted molar refractivity (Wildman–Crippen MR) is 113 cm³/mol. The van der Waals surface area contributed by atoms with Gasteiger partial charge in [-0.1, -0.05) is 17.7 Å². The minimum atomic E-state index is -3.72. The van der Waals surface area contributed by atoms with Crippen molar-refractivity contribution < 1.29 is 22.6 Å². The number of anilines is 1. The van der Waals surface area contributed by atoms with Crippen LogP contribution >= 0.6 is 0 Å². The number of sulfonamides is 1. The molecule has 0 spiro atoms. The number of hydrogen-bond donors (Lipinski definition) is 0. The highest BCUT2D eigenvalue weighted by atomic mass is 32.2. The zero-order valence-corrected chi connectivity index (χ0v) is 17.6. The molecule has 3 aromatic rings. The first-order valence-corrected chi connectivity index (χ1v) is 10.3. The van der Waals surface area contributed by atoms with Crippen molar-refractivity contribution in [3.8, 4) is 23.0 Å². The van der Waals surface area contributed by atoms with Crippen LogP contribution in [0.25, 0.3) is 0 Å². The topological polar surface area (TPSA) is 65.1 Å². The number of nitrogens with zero attached hydrogens (tertiary/aromatic N) is 1. The van der Waals surface area contributed by atoms with Gasteiger partial charge in [-0.25, -0.2) is 8.42 Å². The number of benzene rings is 3. The van der Waals surface area contributed by atoms with Crippen LogP contribution in [-0.4, -0.2) is 29.7 Å². The van der Waals surface area contributed by atoms with E-state index in [0.717, 1.165) is 11.3 Å². The van der Waals surface area contributed by atoms with E-state index < -0.39 is 10.0 Å². The van der Waals surface area contributed by atoms with Crippen molar-refractivity contribution in [3.63, 3.8) is 0 Å². The smallest absolute Gasteiger partial charge is 0.264 e. The molecule has 0 unspecified atom stereocenters. The molecule has 0 saturated heterocycles. The lowest BCUT2D eigenvalue weighted by atomic mass is 10.2. The minimum absolute atomic E-state index is 0.214. The number of hydrogen-bond acceptors (Lipinski definition) is 5. The van der Waals surface area contributed by atoms with Crippen LogP contribution in [0, 0.1) is 6.92 Å². The van der Waals surface area contributed by atoms with Gasteiger partial charge in [-0.2, -0.15) is 0 Å². The van der Waals surface area contributed by atoms with Crippen molar-refractivity contribution in [3.05, 3.63) is 72.3 Å². The lowest BCUT2D eigenvalue weighted by Crippen LogP contribution is -2.27. The third-order valence-electron chi connectivity index (χ3n) is 4.46. The maximum Gasteiger partial charge on any atom is 0.264 e. The molecule has 0 amide bonds. The number of rotatable bonds is 7. The molecule has 0 aliphatic rings. The van der Waals surface area contributed by atoms with E-state index in [9.17, 15) is 8.42 Å². The molecule has 0 fully saturated rings. The predicted octanol–water partition coefficient (Wildman–Crippen LogP) is 4.63. The second kappa shape index (κ2) is 8.45. The minimum Gasteiger partial charge on any atom is -0.497 e. The zero-order chi connectivity index (χ0) is 21.0. The zero-order valence-electron chi connectivity index (χ0n) is 16.7. The molecule has 3 rings (SSSR count). The average molecular weight is 413 g/mol. The summed E-state index contributed by atoms with van der Waals surface area (Å²) >= 11 is 0. The van der Waals surface area contributed by atoms with Crippen LogP contribution < -0.4 is 18.5 Å². The van der Waals surface area contributed by atoms with Gasteiger partial charge in [0.15, 0.2) is 0 Å². The first-order chi connectivity index (χ1) is 13.8. The van der Waals surface area contributed by atoms with Gasteiger partial charge in [0, 0.05) is 13.1 Å². The molecule has 0 aliphatic heterocycles. The maximum atomic E-state index is 13.0. The molecule has 152 valence electrons. The lowest BCUT2D eigenvalue weighted by Gasteiger charge is -2.22. The average Bonchev–Trinajstić information content (AvgIpc) is 2.74. The maximum absolute atomic E-state index is 13.0. The molecule has 3 aromatic carbocycles. The van der Waals surface area contributed by atoms with Gasteiger partial charge in [-0.05, 0) is 55.5 Å². The van der Waals surface area contributed by atoms with E-state index in [1.54, 1.807) is 73.8 Å². The number of aryl methyl sites for hydroxylation is 1. The molecule has 7 heteroatoms. The van der Waals surface area contributed by atoms with Crippen LogP contribution in [0.2, 0.25) is 0 Å². The third kappa shape index (κ3) is 4.46. The van der Waals surface area contributed by atoms with Crippen molar-refractivity contribution in [1.82, 2.24) is 0 Å². The van der Waals surface area contributed by atoms with Crippen molar-refractivity contribution in [2.24, 2.45) is 0 Å². The largest absolute Gasteiger partial charge is 0.497 e. The number of ether oxygens (including phenoxy) is 3. The Labute approximate surface area is 171 Å². The van der Waals surface area contributed by atoms with E-state index in [1.165, 1.54) is 18.5 Å². The standard InChI is InChI=1S/C22H23NO5S/c1-16-5-12-20(13-6-16)29(24,25)23(2)21-14-11-19(15-22(21)27-4)28-18-9-7-17(26-3)8-10-18/h5-15H,1-4H3. The van der Waals surface area contributed by atoms with Gasteiger partial charge >= 0.3 is 0 Å². The van der Waals surface area contributed by atoms with Crippen molar-refractivity contribution in [2.75, 3.05) is 25.6 Å². The van der Waals surface area contributed by atoms with Gasteiger partial charge in [0.25, 0.3) is 10.0 Å². The Bertz CT molecular complexity index is 1080. The monoisotopic (exact) mass is 413 g/mol. The van der Waals surface area contributed by atoms with E-state index in [0.29, 0.717) is 22.9 Å². The van der Waals surface area contributed by atoms with Gasteiger partial charge in [0.2, 0.25) is 0 Å². The highest BCUT2D eigenvalue weighted by molar-refractivity contribution is 7.92. The second-order valence-electron chi connectivity index (χ2n) is 6.40. The molecule has 0 N–H and O–H groups in total. The fourth-order valence-corrected chi connectivity index (χ4v) is 3.97.